The van der Waals surface area contributed by atoms with Gasteiger partial charge in [-0.2, -0.15) is 9.65 Å². The molecule has 0 heterocycles. The van der Waals surface area contributed by atoms with Crippen LogP contribution in [0.15, 0.2) is 30.3 Å². The average molecular weight is 370 g/mol. The first-order valence-corrected chi connectivity index (χ1v) is 9.42. The Bertz CT molecular complexity index is 822. The summed E-state index contributed by atoms with van der Waals surface area (Å²) in [5.41, 5.74) is 2.07. The molecule has 1 N–H and O–H groups in total. The van der Waals surface area contributed by atoms with Gasteiger partial charge in [-0.1, -0.05) is 31.4 Å². The summed E-state index contributed by atoms with van der Waals surface area (Å²) in [5.74, 6) is -1.41. The molecule has 3 nitrogen and oxygen atoms in total. The van der Waals surface area contributed by atoms with Crippen LogP contribution in [0.5, 0.6) is 5.75 Å². The second-order valence-electron chi connectivity index (χ2n) is 7.18. The third kappa shape index (κ3) is 4.77. The van der Waals surface area contributed by atoms with Gasteiger partial charge in [-0.05, 0) is 55.0 Å². The van der Waals surface area contributed by atoms with E-state index in [2.05, 4.69) is 5.32 Å². The van der Waals surface area contributed by atoms with Gasteiger partial charge >= 0.3 is 0 Å². The van der Waals surface area contributed by atoms with Crippen LogP contribution in [0.3, 0.4) is 0 Å². The highest BCUT2D eigenvalue weighted by molar-refractivity contribution is 5.53. The Morgan fingerprint density at radius 2 is 1.81 bits per heavy atom. The van der Waals surface area contributed by atoms with Gasteiger partial charge in [-0.15, -0.1) is 0 Å². The number of anilines is 1. The fourth-order valence-electron chi connectivity index (χ4n) is 3.52. The van der Waals surface area contributed by atoms with Gasteiger partial charge in [0.2, 0.25) is 5.82 Å². The lowest BCUT2D eigenvalue weighted by Gasteiger charge is -2.23. The molecule has 0 aromatic heterocycles. The number of hydrogen-bond donors (Lipinski definition) is 1. The number of nitrogens with zero attached hydrogens (tertiary/aromatic N) is 1. The molecule has 0 aliphatic heterocycles. The fourth-order valence-corrected chi connectivity index (χ4v) is 3.52. The molecule has 27 heavy (non-hydrogen) atoms. The molecule has 0 unspecified atom stereocenters. The minimum atomic E-state index is -0.963. The van der Waals surface area contributed by atoms with Crippen molar-refractivity contribution in [2.45, 2.75) is 45.6 Å². The van der Waals surface area contributed by atoms with Crippen LogP contribution in [0.4, 0.5) is 14.5 Å². The maximum atomic E-state index is 14.5. The summed E-state index contributed by atoms with van der Waals surface area (Å²) in [4.78, 5) is 0. The van der Waals surface area contributed by atoms with Gasteiger partial charge in [0.15, 0.2) is 11.6 Å². The van der Waals surface area contributed by atoms with Crippen LogP contribution in [0.25, 0.3) is 0 Å². The first kappa shape index (κ1) is 19.2. The van der Waals surface area contributed by atoms with Gasteiger partial charge in [0.05, 0.1) is 17.3 Å². The standard InChI is InChI=1S/C22H24F2N2O/c1-15-11-19(26-13-17-5-3-2-4-6-17)20(23)21(24)22(15)27-14-18-9-7-16(12-25)8-10-18/h7-11,17,26H,2-6,13-14H2,1H3. The van der Waals surface area contributed by atoms with E-state index in [-0.39, 0.29) is 18.0 Å². The van der Waals surface area contributed by atoms with E-state index < -0.39 is 11.6 Å². The summed E-state index contributed by atoms with van der Waals surface area (Å²) in [7, 11) is 0. The van der Waals surface area contributed by atoms with Crippen LogP contribution in [-0.4, -0.2) is 6.54 Å². The Balaban J connectivity index is 1.67. The third-order valence-corrected chi connectivity index (χ3v) is 5.12. The monoisotopic (exact) mass is 370 g/mol. The summed E-state index contributed by atoms with van der Waals surface area (Å²) < 4.78 is 34.5. The molecule has 0 bridgehead atoms. The predicted octanol–water partition coefficient (Wildman–Crippen LogP) is 5.72. The largest absolute Gasteiger partial charge is 0.485 e. The molecule has 5 heteroatoms. The number of aryl methyl sites for hydroxylation is 1. The Morgan fingerprint density at radius 3 is 2.48 bits per heavy atom. The first-order chi connectivity index (χ1) is 13.1. The highest BCUT2D eigenvalue weighted by Crippen LogP contribution is 2.32. The van der Waals surface area contributed by atoms with E-state index >= 15 is 0 Å². The topological polar surface area (TPSA) is 45.0 Å². The van der Waals surface area contributed by atoms with Gasteiger partial charge < -0.3 is 10.1 Å². The zero-order chi connectivity index (χ0) is 19.2. The molecule has 1 saturated carbocycles. The molecule has 0 atom stereocenters. The molecule has 1 aliphatic carbocycles. The SMILES string of the molecule is Cc1cc(NCC2CCCCC2)c(F)c(F)c1OCc1ccc(C#N)cc1. The van der Waals surface area contributed by atoms with E-state index in [4.69, 9.17) is 10.00 Å². The van der Waals surface area contributed by atoms with Crippen molar-refractivity contribution in [2.75, 3.05) is 11.9 Å². The second-order valence-corrected chi connectivity index (χ2v) is 7.18. The molecule has 0 amide bonds. The second kappa shape index (κ2) is 8.85. The summed E-state index contributed by atoms with van der Waals surface area (Å²) in [6.07, 6.45) is 5.97. The van der Waals surface area contributed by atoms with Crippen molar-refractivity contribution in [2.24, 2.45) is 5.92 Å². The predicted molar refractivity (Wildman–Crippen MR) is 102 cm³/mol. The van der Waals surface area contributed by atoms with Crippen molar-refractivity contribution in [1.82, 2.24) is 0 Å². The molecule has 0 saturated heterocycles. The van der Waals surface area contributed by atoms with E-state index in [9.17, 15) is 8.78 Å². The number of nitriles is 1. The smallest absolute Gasteiger partial charge is 0.203 e. The molecule has 1 fully saturated rings. The average Bonchev–Trinajstić information content (AvgIpc) is 2.71. The Labute approximate surface area is 159 Å². The van der Waals surface area contributed by atoms with E-state index in [1.165, 1.54) is 19.3 Å². The van der Waals surface area contributed by atoms with Crippen LogP contribution < -0.4 is 10.1 Å². The van der Waals surface area contributed by atoms with Crippen LogP contribution >= 0.6 is 0 Å². The molecule has 2 aromatic carbocycles. The number of ether oxygens (including phenoxy) is 1. The Kier molecular flexibility index (Phi) is 6.28. The minimum absolute atomic E-state index is 0.0694. The van der Waals surface area contributed by atoms with Gasteiger partial charge in [0.25, 0.3) is 0 Å². The normalized spacial score (nSPS) is 14.6. The summed E-state index contributed by atoms with van der Waals surface area (Å²) in [5, 5.41) is 11.9. The lowest BCUT2D eigenvalue weighted by atomic mass is 9.89. The molecule has 3 rings (SSSR count). The minimum Gasteiger partial charge on any atom is -0.485 e. The highest BCUT2D eigenvalue weighted by atomic mass is 19.2. The summed E-state index contributed by atoms with van der Waals surface area (Å²) in [6.45, 7) is 2.49. The number of rotatable bonds is 6. The lowest BCUT2D eigenvalue weighted by molar-refractivity contribution is 0.282. The van der Waals surface area contributed by atoms with E-state index in [0.29, 0.717) is 23.6 Å². The summed E-state index contributed by atoms with van der Waals surface area (Å²) in [6, 6.07) is 10.5. The Hall–Kier alpha value is -2.61. The van der Waals surface area contributed by atoms with Crippen molar-refractivity contribution in [1.29, 1.82) is 5.26 Å². The number of nitrogens with one attached hydrogen (secondary N) is 1. The van der Waals surface area contributed by atoms with Crippen molar-refractivity contribution in [3.05, 3.63) is 58.7 Å². The van der Waals surface area contributed by atoms with Crippen molar-refractivity contribution in [3.8, 4) is 11.8 Å². The van der Waals surface area contributed by atoms with Gasteiger partial charge in [0, 0.05) is 6.54 Å². The first-order valence-electron chi connectivity index (χ1n) is 9.42. The molecule has 0 radical (unpaired) electrons. The van der Waals surface area contributed by atoms with Crippen LogP contribution in [0.2, 0.25) is 0 Å². The molecule has 1 aliphatic rings. The number of hydrogen-bond acceptors (Lipinski definition) is 3. The quantitative estimate of drug-likeness (QED) is 0.708. The Morgan fingerprint density at radius 1 is 1.11 bits per heavy atom. The number of halogens is 2. The van der Waals surface area contributed by atoms with Crippen molar-refractivity contribution in [3.63, 3.8) is 0 Å². The zero-order valence-corrected chi connectivity index (χ0v) is 15.5. The lowest BCUT2D eigenvalue weighted by Crippen LogP contribution is -2.18. The van der Waals surface area contributed by atoms with Crippen molar-refractivity contribution >= 4 is 5.69 Å². The van der Waals surface area contributed by atoms with Gasteiger partial charge in [-0.3, -0.25) is 0 Å². The van der Waals surface area contributed by atoms with Crippen molar-refractivity contribution < 1.29 is 13.5 Å². The molecular formula is C22H24F2N2O. The molecule has 2 aromatic rings. The highest BCUT2D eigenvalue weighted by Gasteiger charge is 2.19. The third-order valence-electron chi connectivity index (χ3n) is 5.12. The van der Waals surface area contributed by atoms with E-state index in [1.807, 2.05) is 6.07 Å². The molecule has 142 valence electrons. The van der Waals surface area contributed by atoms with Crippen LogP contribution in [0, 0.1) is 35.8 Å². The van der Waals surface area contributed by atoms with Gasteiger partial charge in [-0.25, -0.2) is 4.39 Å². The summed E-state index contributed by atoms with van der Waals surface area (Å²) >= 11 is 0. The van der Waals surface area contributed by atoms with Crippen LogP contribution in [0.1, 0.15) is 48.8 Å². The maximum absolute atomic E-state index is 14.5. The van der Waals surface area contributed by atoms with E-state index in [0.717, 1.165) is 18.4 Å². The van der Waals surface area contributed by atoms with Gasteiger partial charge in [0.1, 0.15) is 6.61 Å². The maximum Gasteiger partial charge on any atom is 0.203 e. The molecular weight excluding hydrogens is 346 g/mol. The zero-order valence-electron chi connectivity index (χ0n) is 15.5. The van der Waals surface area contributed by atoms with Crippen LogP contribution in [-0.2, 0) is 6.61 Å². The molecule has 0 spiro atoms. The number of benzene rings is 2. The fraction of sp³-hybridized carbons (Fsp3) is 0.409. The van der Waals surface area contributed by atoms with E-state index in [1.54, 1.807) is 37.3 Å².